The number of guanidine groups is 1. The van der Waals surface area contributed by atoms with Crippen LogP contribution in [0.2, 0.25) is 0 Å². The topological polar surface area (TPSA) is 58.1 Å². The van der Waals surface area contributed by atoms with Gasteiger partial charge in [0.15, 0.2) is 5.96 Å². The Balaban J connectivity index is 1.66. The third-order valence-corrected chi connectivity index (χ3v) is 4.25. The van der Waals surface area contributed by atoms with Crippen LogP contribution in [-0.2, 0) is 4.74 Å². The van der Waals surface area contributed by atoms with E-state index >= 15 is 0 Å². The molecule has 146 valence electrons. The van der Waals surface area contributed by atoms with E-state index in [1.165, 1.54) is 25.0 Å². The Morgan fingerprint density at radius 1 is 1.35 bits per heavy atom. The summed E-state index contributed by atoms with van der Waals surface area (Å²) in [6.45, 7) is 6.02. The molecule has 0 bridgehead atoms. The van der Waals surface area contributed by atoms with Gasteiger partial charge in [-0.15, -0.1) is 0 Å². The highest BCUT2D eigenvalue weighted by molar-refractivity contribution is 5.79. The van der Waals surface area contributed by atoms with Crippen molar-refractivity contribution in [2.24, 2.45) is 4.99 Å². The first-order valence-electron chi connectivity index (χ1n) is 9.22. The van der Waals surface area contributed by atoms with Gasteiger partial charge in [0.25, 0.3) is 0 Å². The van der Waals surface area contributed by atoms with Crippen molar-refractivity contribution in [1.29, 1.82) is 0 Å². The summed E-state index contributed by atoms with van der Waals surface area (Å²) in [6, 6.07) is 6.89. The van der Waals surface area contributed by atoms with Gasteiger partial charge in [-0.25, -0.2) is 4.39 Å². The number of rotatable bonds is 11. The zero-order valence-electron chi connectivity index (χ0n) is 16.0. The number of benzene rings is 1. The number of hydrogen-bond donors (Lipinski definition) is 2. The van der Waals surface area contributed by atoms with Crippen molar-refractivity contribution in [3.63, 3.8) is 0 Å². The Hall–Kier alpha value is -1.86. The minimum Gasteiger partial charge on any atom is -0.489 e. The molecule has 1 fully saturated rings. The number of halogens is 1. The Morgan fingerprint density at radius 2 is 2.15 bits per heavy atom. The summed E-state index contributed by atoms with van der Waals surface area (Å²) in [5, 5.41) is 6.57. The molecule has 0 aromatic heterocycles. The van der Waals surface area contributed by atoms with E-state index in [1.807, 2.05) is 6.92 Å². The molecule has 0 heterocycles. The van der Waals surface area contributed by atoms with Gasteiger partial charge in [0.2, 0.25) is 0 Å². The quantitative estimate of drug-likeness (QED) is 0.463. The van der Waals surface area contributed by atoms with Gasteiger partial charge in [-0.05, 0) is 31.9 Å². The molecule has 1 aliphatic carbocycles. The first-order valence-corrected chi connectivity index (χ1v) is 9.22. The fraction of sp³-hybridized carbons (Fsp3) is 0.632. The molecular formula is C19H31FN4O2. The number of nitrogens with one attached hydrogen (secondary N) is 2. The van der Waals surface area contributed by atoms with Crippen molar-refractivity contribution < 1.29 is 13.9 Å². The number of hydrogen-bond acceptors (Lipinski definition) is 4. The van der Waals surface area contributed by atoms with E-state index in [-0.39, 0.29) is 11.9 Å². The van der Waals surface area contributed by atoms with Crippen molar-refractivity contribution in [2.75, 3.05) is 46.9 Å². The Labute approximate surface area is 155 Å². The second-order valence-electron chi connectivity index (χ2n) is 6.53. The smallest absolute Gasteiger partial charge is 0.191 e. The van der Waals surface area contributed by atoms with Crippen LogP contribution in [0.1, 0.15) is 19.8 Å². The Morgan fingerprint density at radius 3 is 2.81 bits per heavy atom. The molecule has 1 aliphatic rings. The first kappa shape index (κ1) is 20.5. The molecule has 0 aliphatic heterocycles. The van der Waals surface area contributed by atoms with Gasteiger partial charge in [0.05, 0.1) is 13.2 Å². The highest BCUT2D eigenvalue weighted by Gasteiger charge is 2.28. The van der Waals surface area contributed by atoms with Crippen LogP contribution in [0.4, 0.5) is 4.39 Å². The first-order chi connectivity index (χ1) is 12.6. The third-order valence-electron chi connectivity index (χ3n) is 4.25. The van der Waals surface area contributed by atoms with Gasteiger partial charge in [0, 0.05) is 45.9 Å². The molecule has 0 radical (unpaired) electrons. The molecule has 1 saturated carbocycles. The molecule has 0 spiro atoms. The van der Waals surface area contributed by atoms with Crippen molar-refractivity contribution >= 4 is 5.96 Å². The molecule has 6 nitrogen and oxygen atoms in total. The van der Waals surface area contributed by atoms with E-state index in [2.05, 4.69) is 20.5 Å². The van der Waals surface area contributed by atoms with E-state index < -0.39 is 0 Å². The lowest BCUT2D eigenvalue weighted by Crippen LogP contribution is -2.45. The minimum absolute atomic E-state index is 0.111. The summed E-state index contributed by atoms with van der Waals surface area (Å²) in [5.74, 6) is 0.969. The Kier molecular flexibility index (Phi) is 8.64. The Bertz CT molecular complexity index is 566. The van der Waals surface area contributed by atoms with Crippen LogP contribution < -0.4 is 15.4 Å². The zero-order valence-corrected chi connectivity index (χ0v) is 16.0. The van der Waals surface area contributed by atoms with Gasteiger partial charge in [-0.3, -0.25) is 9.89 Å². The van der Waals surface area contributed by atoms with Crippen molar-refractivity contribution in [1.82, 2.24) is 15.5 Å². The van der Waals surface area contributed by atoms with Gasteiger partial charge < -0.3 is 20.1 Å². The molecule has 1 aromatic carbocycles. The van der Waals surface area contributed by atoms with Crippen LogP contribution in [0.5, 0.6) is 5.75 Å². The molecule has 0 amide bonds. The highest BCUT2D eigenvalue weighted by Crippen LogP contribution is 2.25. The van der Waals surface area contributed by atoms with Gasteiger partial charge in [-0.2, -0.15) is 0 Å². The molecule has 2 N–H and O–H groups in total. The summed E-state index contributed by atoms with van der Waals surface area (Å²) < 4.78 is 24.1. The van der Waals surface area contributed by atoms with Crippen molar-refractivity contribution in [2.45, 2.75) is 31.9 Å². The SMILES string of the molecule is CN=C(NCCN(CCOC)C1CC1)NCC(C)Oc1cccc(F)c1. The molecule has 26 heavy (non-hydrogen) atoms. The molecule has 0 saturated heterocycles. The fourth-order valence-corrected chi connectivity index (χ4v) is 2.72. The van der Waals surface area contributed by atoms with E-state index in [1.54, 1.807) is 26.3 Å². The normalized spacial score (nSPS) is 15.8. The van der Waals surface area contributed by atoms with E-state index in [9.17, 15) is 4.39 Å². The maximum absolute atomic E-state index is 13.2. The van der Waals surface area contributed by atoms with E-state index in [0.717, 1.165) is 32.2 Å². The maximum atomic E-state index is 13.2. The van der Waals surface area contributed by atoms with Crippen LogP contribution in [0.25, 0.3) is 0 Å². The number of aliphatic imine (C=N–C) groups is 1. The van der Waals surface area contributed by atoms with E-state index in [4.69, 9.17) is 9.47 Å². The predicted molar refractivity (Wildman–Crippen MR) is 102 cm³/mol. The van der Waals surface area contributed by atoms with Gasteiger partial charge in [-0.1, -0.05) is 6.07 Å². The number of ether oxygens (including phenoxy) is 2. The predicted octanol–water partition coefficient (Wildman–Crippen LogP) is 1.87. The maximum Gasteiger partial charge on any atom is 0.191 e. The monoisotopic (exact) mass is 366 g/mol. The fourth-order valence-electron chi connectivity index (χ4n) is 2.72. The van der Waals surface area contributed by atoms with Gasteiger partial charge in [0.1, 0.15) is 17.7 Å². The van der Waals surface area contributed by atoms with Crippen LogP contribution in [0, 0.1) is 5.82 Å². The highest BCUT2D eigenvalue weighted by atomic mass is 19.1. The second-order valence-corrected chi connectivity index (χ2v) is 6.53. The summed E-state index contributed by atoms with van der Waals surface area (Å²) in [6.07, 6.45) is 2.46. The minimum atomic E-state index is -0.297. The van der Waals surface area contributed by atoms with Crippen LogP contribution in [-0.4, -0.2) is 69.9 Å². The summed E-state index contributed by atoms with van der Waals surface area (Å²) >= 11 is 0. The lowest BCUT2D eigenvalue weighted by Gasteiger charge is -2.23. The lowest BCUT2D eigenvalue weighted by molar-refractivity contribution is 0.144. The number of nitrogens with zero attached hydrogens (tertiary/aromatic N) is 2. The summed E-state index contributed by atoms with van der Waals surface area (Å²) in [4.78, 5) is 6.69. The molecular weight excluding hydrogens is 335 g/mol. The molecule has 1 unspecified atom stereocenters. The zero-order chi connectivity index (χ0) is 18.8. The molecule has 1 aromatic rings. The van der Waals surface area contributed by atoms with Crippen LogP contribution in [0.3, 0.4) is 0 Å². The second kappa shape index (κ2) is 11.0. The van der Waals surface area contributed by atoms with Gasteiger partial charge >= 0.3 is 0 Å². The standard InChI is InChI=1S/C19H31FN4O2/c1-15(26-18-6-4-5-16(20)13-18)14-23-19(21-2)22-9-10-24(11-12-25-3)17-7-8-17/h4-6,13,15,17H,7-12,14H2,1-3H3,(H2,21,22,23). The summed E-state index contributed by atoms with van der Waals surface area (Å²) in [7, 11) is 3.49. The third kappa shape index (κ3) is 7.58. The lowest BCUT2D eigenvalue weighted by atomic mass is 10.3. The summed E-state index contributed by atoms with van der Waals surface area (Å²) in [5.41, 5.74) is 0. The van der Waals surface area contributed by atoms with Crippen molar-refractivity contribution in [3.8, 4) is 5.75 Å². The molecule has 2 rings (SSSR count). The van der Waals surface area contributed by atoms with Crippen molar-refractivity contribution in [3.05, 3.63) is 30.1 Å². The average Bonchev–Trinajstić information content (AvgIpc) is 3.45. The molecule has 7 heteroatoms. The van der Waals surface area contributed by atoms with E-state index in [0.29, 0.717) is 18.3 Å². The largest absolute Gasteiger partial charge is 0.489 e. The average molecular weight is 366 g/mol. The number of methoxy groups -OCH3 is 1. The van der Waals surface area contributed by atoms with Crippen LogP contribution >= 0.6 is 0 Å². The van der Waals surface area contributed by atoms with Crippen LogP contribution in [0.15, 0.2) is 29.3 Å². The molecule has 1 atom stereocenters.